The molecular formula is C14H31NO4Si. The van der Waals surface area contributed by atoms with Crippen LogP contribution in [0.25, 0.3) is 0 Å². The van der Waals surface area contributed by atoms with Crippen molar-refractivity contribution in [2.24, 2.45) is 0 Å². The zero-order valence-electron chi connectivity index (χ0n) is 13.4. The molecule has 0 saturated carbocycles. The minimum absolute atomic E-state index is 0.324. The van der Waals surface area contributed by atoms with Crippen molar-refractivity contribution in [1.82, 2.24) is 5.32 Å². The first kappa shape index (κ1) is 19.4. The summed E-state index contributed by atoms with van der Waals surface area (Å²) >= 11 is 0. The second-order valence-corrected chi connectivity index (χ2v) is 6.94. The molecule has 0 radical (unpaired) electrons. The van der Waals surface area contributed by atoms with Gasteiger partial charge in [-0.05, 0) is 39.2 Å². The number of carbonyl (C=O) groups is 1. The van der Waals surface area contributed by atoms with E-state index in [0.717, 1.165) is 38.9 Å². The fourth-order valence-corrected chi connectivity index (χ4v) is 4.28. The summed E-state index contributed by atoms with van der Waals surface area (Å²) in [5.74, 6) is 0. The van der Waals surface area contributed by atoms with Crippen LogP contribution < -0.4 is 5.32 Å². The van der Waals surface area contributed by atoms with Crippen LogP contribution in [0.2, 0.25) is 5.54 Å². The van der Waals surface area contributed by atoms with Crippen LogP contribution in [-0.4, -0.2) is 41.7 Å². The first-order valence-corrected chi connectivity index (χ1v) is 9.44. The van der Waals surface area contributed by atoms with E-state index in [1.165, 1.54) is 0 Å². The SMILES string of the molecule is CCOC(=O)NCCCCC(CC)[SiH](OCC)OCC. The minimum Gasteiger partial charge on any atom is -0.450 e. The Bertz CT molecular complexity index is 235. The summed E-state index contributed by atoms with van der Waals surface area (Å²) in [4.78, 5) is 11.1. The lowest BCUT2D eigenvalue weighted by Crippen LogP contribution is -2.29. The Labute approximate surface area is 125 Å². The quantitative estimate of drug-likeness (QED) is 0.445. The van der Waals surface area contributed by atoms with Crippen molar-refractivity contribution in [1.29, 1.82) is 0 Å². The van der Waals surface area contributed by atoms with E-state index < -0.39 is 9.28 Å². The van der Waals surface area contributed by atoms with E-state index in [4.69, 9.17) is 13.6 Å². The van der Waals surface area contributed by atoms with Crippen molar-refractivity contribution in [3.05, 3.63) is 0 Å². The molecule has 1 unspecified atom stereocenters. The second kappa shape index (κ2) is 13.4. The van der Waals surface area contributed by atoms with Crippen molar-refractivity contribution < 1.29 is 18.4 Å². The van der Waals surface area contributed by atoms with Gasteiger partial charge in [0.25, 0.3) is 0 Å². The average Bonchev–Trinajstić information content (AvgIpc) is 2.43. The first-order chi connectivity index (χ1) is 9.69. The van der Waals surface area contributed by atoms with Gasteiger partial charge in [0, 0.05) is 19.8 Å². The molecule has 1 amide bonds. The van der Waals surface area contributed by atoms with Gasteiger partial charge in [-0.2, -0.15) is 0 Å². The van der Waals surface area contributed by atoms with Crippen LogP contribution in [0.3, 0.4) is 0 Å². The molecule has 6 heteroatoms. The van der Waals surface area contributed by atoms with Gasteiger partial charge >= 0.3 is 15.4 Å². The van der Waals surface area contributed by atoms with Crippen LogP contribution in [0.15, 0.2) is 0 Å². The van der Waals surface area contributed by atoms with Gasteiger partial charge in [0.1, 0.15) is 0 Å². The number of carbonyl (C=O) groups excluding carboxylic acids is 1. The summed E-state index contributed by atoms with van der Waals surface area (Å²) in [6.45, 7) is 10.6. The largest absolute Gasteiger partial charge is 0.450 e. The Morgan fingerprint density at radius 3 is 2.20 bits per heavy atom. The maximum absolute atomic E-state index is 11.1. The highest BCUT2D eigenvalue weighted by Gasteiger charge is 2.23. The van der Waals surface area contributed by atoms with Crippen LogP contribution >= 0.6 is 0 Å². The molecule has 0 aromatic carbocycles. The number of rotatable bonds is 12. The van der Waals surface area contributed by atoms with E-state index in [-0.39, 0.29) is 6.09 Å². The van der Waals surface area contributed by atoms with Crippen LogP contribution in [0.1, 0.15) is 53.4 Å². The molecule has 0 heterocycles. The Morgan fingerprint density at radius 1 is 1.05 bits per heavy atom. The molecule has 0 aliphatic carbocycles. The normalized spacial score (nSPS) is 12.4. The van der Waals surface area contributed by atoms with Crippen molar-refractivity contribution in [3.63, 3.8) is 0 Å². The van der Waals surface area contributed by atoms with Crippen molar-refractivity contribution in [3.8, 4) is 0 Å². The van der Waals surface area contributed by atoms with E-state index >= 15 is 0 Å². The smallest absolute Gasteiger partial charge is 0.407 e. The van der Waals surface area contributed by atoms with E-state index in [2.05, 4.69) is 12.2 Å². The molecule has 0 rings (SSSR count). The number of nitrogens with one attached hydrogen (secondary N) is 1. The third kappa shape index (κ3) is 9.33. The summed E-state index contributed by atoms with van der Waals surface area (Å²) < 4.78 is 16.4. The number of amides is 1. The van der Waals surface area contributed by atoms with Gasteiger partial charge in [0.05, 0.1) is 6.61 Å². The molecule has 0 aliphatic rings. The molecule has 0 aromatic rings. The fraction of sp³-hybridized carbons (Fsp3) is 0.929. The molecule has 5 nitrogen and oxygen atoms in total. The Morgan fingerprint density at radius 2 is 1.70 bits per heavy atom. The minimum atomic E-state index is -1.54. The second-order valence-electron chi connectivity index (χ2n) is 4.59. The van der Waals surface area contributed by atoms with Gasteiger partial charge in [-0.3, -0.25) is 0 Å². The third-order valence-electron chi connectivity index (χ3n) is 3.12. The standard InChI is InChI=1S/C14H31NO4Si/c1-5-13(20(18-7-3)19-8-4)11-9-10-12-15-14(16)17-6-2/h13,20H,5-12H2,1-4H3,(H,15,16). The summed E-state index contributed by atoms with van der Waals surface area (Å²) in [6.07, 6.45) is 3.93. The third-order valence-corrected chi connectivity index (χ3v) is 6.02. The van der Waals surface area contributed by atoms with Crippen molar-refractivity contribution in [2.45, 2.75) is 58.9 Å². The van der Waals surface area contributed by atoms with Crippen molar-refractivity contribution in [2.75, 3.05) is 26.4 Å². The number of hydrogen-bond acceptors (Lipinski definition) is 4. The van der Waals surface area contributed by atoms with E-state index in [1.54, 1.807) is 6.92 Å². The van der Waals surface area contributed by atoms with Crippen LogP contribution in [0.5, 0.6) is 0 Å². The average molecular weight is 305 g/mol. The number of hydrogen-bond donors (Lipinski definition) is 1. The van der Waals surface area contributed by atoms with E-state index in [1.807, 2.05) is 13.8 Å². The van der Waals surface area contributed by atoms with Gasteiger partial charge < -0.3 is 18.9 Å². The van der Waals surface area contributed by atoms with Crippen molar-refractivity contribution >= 4 is 15.4 Å². The first-order valence-electron chi connectivity index (χ1n) is 7.83. The number of unbranched alkanes of at least 4 members (excludes halogenated alkanes) is 1. The highest BCUT2D eigenvalue weighted by molar-refractivity contribution is 6.46. The molecular weight excluding hydrogens is 274 g/mol. The predicted octanol–water partition coefficient (Wildman–Crippen LogP) is 2.98. The highest BCUT2D eigenvalue weighted by atomic mass is 28.3. The molecule has 0 bridgehead atoms. The predicted molar refractivity (Wildman–Crippen MR) is 83.3 cm³/mol. The molecule has 1 N–H and O–H groups in total. The van der Waals surface area contributed by atoms with Crippen LogP contribution in [0.4, 0.5) is 4.79 Å². The van der Waals surface area contributed by atoms with Gasteiger partial charge in [-0.1, -0.05) is 19.8 Å². The Kier molecular flexibility index (Phi) is 13.0. The molecule has 0 saturated heterocycles. The lowest BCUT2D eigenvalue weighted by atomic mass is 10.1. The maximum Gasteiger partial charge on any atom is 0.407 e. The van der Waals surface area contributed by atoms with Crippen LogP contribution in [-0.2, 0) is 13.6 Å². The number of ether oxygens (including phenoxy) is 1. The summed E-state index contributed by atoms with van der Waals surface area (Å²) in [7, 11) is -1.54. The molecule has 0 fully saturated rings. The fourth-order valence-electron chi connectivity index (χ4n) is 2.09. The molecule has 20 heavy (non-hydrogen) atoms. The molecule has 0 spiro atoms. The highest BCUT2D eigenvalue weighted by Crippen LogP contribution is 2.24. The lowest BCUT2D eigenvalue weighted by molar-refractivity contribution is 0.152. The molecule has 0 aliphatic heterocycles. The summed E-state index contributed by atoms with van der Waals surface area (Å²) in [6, 6.07) is 0. The van der Waals surface area contributed by atoms with Gasteiger partial charge in [0.2, 0.25) is 0 Å². The summed E-state index contributed by atoms with van der Waals surface area (Å²) in [5.41, 5.74) is 0.553. The molecule has 0 aromatic heterocycles. The zero-order valence-corrected chi connectivity index (χ0v) is 14.6. The summed E-state index contributed by atoms with van der Waals surface area (Å²) in [5, 5.41) is 2.74. The zero-order chi connectivity index (χ0) is 15.2. The molecule has 1 atom stereocenters. The Balaban J connectivity index is 3.84. The lowest BCUT2D eigenvalue weighted by Gasteiger charge is -2.23. The van der Waals surface area contributed by atoms with Crippen LogP contribution in [0, 0.1) is 0 Å². The molecule has 120 valence electrons. The van der Waals surface area contributed by atoms with Gasteiger partial charge in [-0.15, -0.1) is 0 Å². The monoisotopic (exact) mass is 305 g/mol. The Hall–Kier alpha value is -0.593. The van der Waals surface area contributed by atoms with Gasteiger partial charge in [-0.25, -0.2) is 4.79 Å². The van der Waals surface area contributed by atoms with E-state index in [9.17, 15) is 4.79 Å². The van der Waals surface area contributed by atoms with Gasteiger partial charge in [0.15, 0.2) is 0 Å². The topological polar surface area (TPSA) is 56.8 Å². The van der Waals surface area contributed by atoms with E-state index in [0.29, 0.717) is 18.7 Å². The maximum atomic E-state index is 11.1. The number of alkyl carbamates (subject to hydrolysis) is 1.